The first-order valence-electron chi connectivity index (χ1n) is 6.85. The van der Waals surface area contributed by atoms with Crippen LogP contribution in [0, 0.1) is 6.92 Å². The first kappa shape index (κ1) is 18.6. The van der Waals surface area contributed by atoms with Crippen molar-refractivity contribution in [1.82, 2.24) is 0 Å². The number of nitrogens with two attached hydrogens (primary N) is 1. The third-order valence-corrected chi connectivity index (χ3v) is 3.36. The molecule has 0 aromatic heterocycles. The van der Waals surface area contributed by atoms with E-state index in [-0.39, 0.29) is 17.4 Å². The van der Waals surface area contributed by atoms with Gasteiger partial charge in [-0.25, -0.2) is 0 Å². The normalized spacial score (nSPS) is 12.1. The maximum atomic E-state index is 12.8. The number of halogens is 6. The molecule has 0 aliphatic rings. The number of rotatable bonds is 2. The minimum atomic E-state index is -5.02. The van der Waals surface area contributed by atoms with Crippen LogP contribution in [0.1, 0.15) is 27.0 Å². The van der Waals surface area contributed by atoms with Gasteiger partial charge in [-0.05, 0) is 42.8 Å². The van der Waals surface area contributed by atoms with Crippen LogP contribution < -0.4 is 11.1 Å². The summed E-state index contributed by atoms with van der Waals surface area (Å²) < 4.78 is 77.0. The standard InChI is InChI=1S/C16H12F6N2O/c1-8-2-3-12(23)7-13(8)24-14(25)9-4-10(15(17,18)19)6-11(5-9)16(20,21)22/h2-7H,23H2,1H3,(H,24,25). The van der Waals surface area contributed by atoms with Gasteiger partial charge in [0.25, 0.3) is 5.91 Å². The number of benzene rings is 2. The highest BCUT2D eigenvalue weighted by Gasteiger charge is 2.37. The number of nitrogens with one attached hydrogen (secondary N) is 1. The zero-order chi connectivity index (χ0) is 19.0. The Kier molecular flexibility index (Phi) is 4.70. The van der Waals surface area contributed by atoms with Crippen molar-refractivity contribution in [3.05, 3.63) is 58.7 Å². The van der Waals surface area contributed by atoms with E-state index in [1.807, 2.05) is 0 Å². The SMILES string of the molecule is Cc1ccc(N)cc1NC(=O)c1cc(C(F)(F)F)cc(C(F)(F)F)c1. The van der Waals surface area contributed by atoms with Gasteiger partial charge in [0.05, 0.1) is 11.1 Å². The largest absolute Gasteiger partial charge is 0.416 e. The molecule has 0 unspecified atom stereocenters. The van der Waals surface area contributed by atoms with E-state index in [4.69, 9.17) is 5.73 Å². The number of nitrogen functional groups attached to an aromatic ring is 1. The molecule has 3 nitrogen and oxygen atoms in total. The summed E-state index contributed by atoms with van der Waals surface area (Å²) in [5.41, 5.74) is 2.69. The van der Waals surface area contributed by atoms with Crippen LogP contribution in [-0.2, 0) is 12.4 Å². The van der Waals surface area contributed by atoms with E-state index in [0.717, 1.165) is 0 Å². The average Bonchev–Trinajstić information content (AvgIpc) is 2.48. The highest BCUT2D eigenvalue weighted by molar-refractivity contribution is 6.05. The van der Waals surface area contributed by atoms with E-state index in [1.54, 1.807) is 13.0 Å². The zero-order valence-corrected chi connectivity index (χ0v) is 12.7. The number of aryl methyl sites for hydroxylation is 1. The molecule has 2 aromatic rings. The fraction of sp³-hybridized carbons (Fsp3) is 0.188. The number of carbonyl (C=O) groups excluding carboxylic acids is 1. The lowest BCUT2D eigenvalue weighted by Crippen LogP contribution is -2.17. The molecule has 0 spiro atoms. The van der Waals surface area contributed by atoms with Gasteiger partial charge in [-0.3, -0.25) is 4.79 Å². The van der Waals surface area contributed by atoms with Gasteiger partial charge in [0.15, 0.2) is 0 Å². The number of hydrogen-bond acceptors (Lipinski definition) is 2. The second-order valence-corrected chi connectivity index (χ2v) is 5.32. The summed E-state index contributed by atoms with van der Waals surface area (Å²) in [5, 5.41) is 2.27. The molecular weight excluding hydrogens is 350 g/mol. The van der Waals surface area contributed by atoms with Gasteiger partial charge in [-0.2, -0.15) is 26.3 Å². The van der Waals surface area contributed by atoms with Crippen molar-refractivity contribution < 1.29 is 31.1 Å². The molecule has 1 amide bonds. The third kappa shape index (κ3) is 4.43. The van der Waals surface area contributed by atoms with Crippen LogP contribution in [0.2, 0.25) is 0 Å². The predicted molar refractivity (Wildman–Crippen MR) is 80.0 cm³/mol. The lowest BCUT2D eigenvalue weighted by Gasteiger charge is -2.15. The van der Waals surface area contributed by atoms with Gasteiger partial charge < -0.3 is 11.1 Å². The molecule has 0 radical (unpaired) electrons. The summed E-state index contributed by atoms with van der Waals surface area (Å²) in [6.07, 6.45) is -10.0. The van der Waals surface area contributed by atoms with E-state index in [0.29, 0.717) is 17.7 Å². The summed E-state index contributed by atoms with van der Waals surface area (Å²) in [7, 11) is 0. The zero-order valence-electron chi connectivity index (χ0n) is 12.7. The lowest BCUT2D eigenvalue weighted by atomic mass is 10.0. The maximum Gasteiger partial charge on any atom is 0.416 e. The number of carbonyl (C=O) groups is 1. The highest BCUT2D eigenvalue weighted by Crippen LogP contribution is 2.36. The number of anilines is 2. The van der Waals surface area contributed by atoms with Crippen molar-refractivity contribution in [1.29, 1.82) is 0 Å². The van der Waals surface area contributed by atoms with Crippen LogP contribution in [-0.4, -0.2) is 5.91 Å². The van der Waals surface area contributed by atoms with Crippen molar-refractivity contribution in [2.24, 2.45) is 0 Å². The average molecular weight is 362 g/mol. The third-order valence-electron chi connectivity index (χ3n) is 3.36. The Labute approximate surface area is 138 Å². The van der Waals surface area contributed by atoms with Crippen molar-refractivity contribution in [2.75, 3.05) is 11.1 Å². The van der Waals surface area contributed by atoms with Gasteiger partial charge in [-0.1, -0.05) is 6.07 Å². The van der Waals surface area contributed by atoms with Crippen molar-refractivity contribution in [3.8, 4) is 0 Å². The molecule has 0 aliphatic carbocycles. The van der Waals surface area contributed by atoms with E-state index >= 15 is 0 Å². The Morgan fingerprint density at radius 1 is 0.920 bits per heavy atom. The Bertz CT molecular complexity index is 779. The molecule has 2 aromatic carbocycles. The molecule has 25 heavy (non-hydrogen) atoms. The monoisotopic (exact) mass is 362 g/mol. The number of amides is 1. The van der Waals surface area contributed by atoms with Gasteiger partial charge >= 0.3 is 12.4 Å². The van der Waals surface area contributed by atoms with Crippen LogP contribution in [0.4, 0.5) is 37.7 Å². The molecule has 0 saturated carbocycles. The Morgan fingerprint density at radius 3 is 1.92 bits per heavy atom. The number of alkyl halides is 6. The van der Waals surface area contributed by atoms with Gasteiger partial charge in [-0.15, -0.1) is 0 Å². The van der Waals surface area contributed by atoms with Crippen LogP contribution in [0.3, 0.4) is 0 Å². The summed E-state index contributed by atoms with van der Waals surface area (Å²) >= 11 is 0. The van der Waals surface area contributed by atoms with Gasteiger partial charge in [0, 0.05) is 16.9 Å². The van der Waals surface area contributed by atoms with Crippen molar-refractivity contribution in [2.45, 2.75) is 19.3 Å². The quantitative estimate of drug-likeness (QED) is 0.592. The minimum Gasteiger partial charge on any atom is -0.399 e. The molecular formula is C16H12F6N2O. The molecule has 0 aliphatic heterocycles. The summed E-state index contributed by atoms with van der Waals surface area (Å²) in [6, 6.07) is 5.14. The lowest BCUT2D eigenvalue weighted by molar-refractivity contribution is -0.143. The van der Waals surface area contributed by atoms with Crippen LogP contribution >= 0.6 is 0 Å². The van der Waals surface area contributed by atoms with E-state index in [2.05, 4.69) is 5.32 Å². The summed E-state index contributed by atoms with van der Waals surface area (Å²) in [5.74, 6) is -1.11. The molecule has 134 valence electrons. The molecule has 0 atom stereocenters. The van der Waals surface area contributed by atoms with Gasteiger partial charge in [0.1, 0.15) is 0 Å². The molecule has 9 heteroatoms. The van der Waals surface area contributed by atoms with Gasteiger partial charge in [0.2, 0.25) is 0 Å². The smallest absolute Gasteiger partial charge is 0.399 e. The fourth-order valence-electron chi connectivity index (χ4n) is 2.05. The van der Waals surface area contributed by atoms with E-state index in [1.165, 1.54) is 12.1 Å². The topological polar surface area (TPSA) is 55.1 Å². The first-order valence-corrected chi connectivity index (χ1v) is 6.85. The Morgan fingerprint density at radius 2 is 1.44 bits per heavy atom. The molecule has 0 heterocycles. The number of hydrogen-bond donors (Lipinski definition) is 2. The molecule has 0 fully saturated rings. The Hall–Kier alpha value is -2.71. The summed E-state index contributed by atoms with van der Waals surface area (Å²) in [6.45, 7) is 1.60. The van der Waals surface area contributed by atoms with Crippen LogP contribution in [0.5, 0.6) is 0 Å². The van der Waals surface area contributed by atoms with Crippen molar-refractivity contribution in [3.63, 3.8) is 0 Å². The first-order chi connectivity index (χ1) is 11.4. The second kappa shape index (κ2) is 6.30. The van der Waals surface area contributed by atoms with Crippen LogP contribution in [0.15, 0.2) is 36.4 Å². The summed E-state index contributed by atoms with van der Waals surface area (Å²) in [4.78, 5) is 12.1. The predicted octanol–water partition coefficient (Wildman–Crippen LogP) is 4.87. The maximum absolute atomic E-state index is 12.8. The fourth-order valence-corrected chi connectivity index (χ4v) is 2.05. The second-order valence-electron chi connectivity index (χ2n) is 5.32. The minimum absolute atomic E-state index is 0.0392. The molecule has 2 rings (SSSR count). The van der Waals surface area contributed by atoms with Crippen molar-refractivity contribution >= 4 is 17.3 Å². The highest BCUT2D eigenvalue weighted by atomic mass is 19.4. The molecule has 0 saturated heterocycles. The molecule has 0 bridgehead atoms. The van der Waals surface area contributed by atoms with Crippen LogP contribution in [0.25, 0.3) is 0 Å². The molecule has 3 N–H and O–H groups in total. The van der Waals surface area contributed by atoms with E-state index < -0.39 is 35.0 Å². The van der Waals surface area contributed by atoms with E-state index in [9.17, 15) is 31.1 Å². The Balaban J connectivity index is 2.46.